The molecule has 0 aliphatic rings. The maximum Gasteiger partial charge on any atom is 0.338 e. The zero-order chi connectivity index (χ0) is 13.1. The highest BCUT2D eigenvalue weighted by atomic mass is 19.1. The van der Waals surface area contributed by atoms with Crippen LogP contribution in [-0.4, -0.2) is 18.1 Å². The molecule has 1 aromatic heterocycles. The average molecular weight is 249 g/mol. The van der Waals surface area contributed by atoms with E-state index >= 15 is 0 Å². The van der Waals surface area contributed by atoms with Gasteiger partial charge in [0.15, 0.2) is 0 Å². The Hall–Kier alpha value is -2.30. The second-order valence-corrected chi connectivity index (χ2v) is 3.57. The minimum atomic E-state index is -0.718. The summed E-state index contributed by atoms with van der Waals surface area (Å²) in [6.45, 7) is 0. The van der Waals surface area contributed by atoms with Crippen LogP contribution < -0.4 is 0 Å². The van der Waals surface area contributed by atoms with E-state index in [1.807, 2.05) is 0 Å². The fourth-order valence-electron chi connectivity index (χ4n) is 1.62. The van der Waals surface area contributed by atoms with Crippen molar-refractivity contribution in [2.24, 2.45) is 0 Å². The zero-order valence-corrected chi connectivity index (χ0v) is 9.48. The quantitative estimate of drug-likeness (QED) is 0.768. The topological polar surface area (TPSA) is 39.2 Å². The molecule has 0 saturated heterocycles. The van der Waals surface area contributed by atoms with E-state index in [2.05, 4.69) is 9.72 Å². The van der Waals surface area contributed by atoms with E-state index in [-0.39, 0.29) is 11.1 Å². The first-order valence-corrected chi connectivity index (χ1v) is 5.10. The minimum Gasteiger partial charge on any atom is -0.465 e. The number of carbonyl (C=O) groups excluding carboxylic acids is 1. The van der Waals surface area contributed by atoms with E-state index in [4.69, 9.17) is 0 Å². The van der Waals surface area contributed by atoms with Gasteiger partial charge in [-0.05, 0) is 23.8 Å². The Labute approximate surface area is 102 Å². The van der Waals surface area contributed by atoms with Gasteiger partial charge in [-0.2, -0.15) is 0 Å². The third-order valence-corrected chi connectivity index (χ3v) is 2.40. The van der Waals surface area contributed by atoms with Crippen LogP contribution in [0.1, 0.15) is 10.4 Å². The molecule has 0 atom stereocenters. The molecule has 0 amide bonds. The number of ether oxygens (including phenoxy) is 1. The molecule has 5 heteroatoms. The highest BCUT2D eigenvalue weighted by Gasteiger charge is 2.14. The standard InChI is InChI=1S/C13H9F2NO2/c1-18-13(17)11-2-3-16-7-12(11)8-4-9(14)6-10(15)5-8/h2-7H,1H3. The molecule has 0 radical (unpaired) electrons. The van der Waals surface area contributed by atoms with Crippen LogP contribution in [0.4, 0.5) is 8.78 Å². The van der Waals surface area contributed by atoms with Crippen LogP contribution in [-0.2, 0) is 4.74 Å². The van der Waals surface area contributed by atoms with Gasteiger partial charge >= 0.3 is 5.97 Å². The number of aromatic nitrogens is 1. The fraction of sp³-hybridized carbons (Fsp3) is 0.0769. The first kappa shape index (κ1) is 12.2. The first-order valence-electron chi connectivity index (χ1n) is 5.10. The summed E-state index contributed by atoms with van der Waals surface area (Å²) in [4.78, 5) is 15.4. The largest absolute Gasteiger partial charge is 0.465 e. The molecule has 0 bridgehead atoms. The average Bonchev–Trinajstić information content (AvgIpc) is 2.36. The summed E-state index contributed by atoms with van der Waals surface area (Å²) < 4.78 is 30.9. The van der Waals surface area contributed by atoms with Crippen molar-refractivity contribution in [2.45, 2.75) is 0 Å². The van der Waals surface area contributed by atoms with Crippen molar-refractivity contribution >= 4 is 5.97 Å². The summed E-state index contributed by atoms with van der Waals surface area (Å²) in [7, 11) is 1.23. The van der Waals surface area contributed by atoms with Gasteiger partial charge < -0.3 is 4.74 Å². The van der Waals surface area contributed by atoms with Gasteiger partial charge in [-0.1, -0.05) is 0 Å². The second kappa shape index (κ2) is 4.91. The third kappa shape index (κ3) is 2.34. The molecular formula is C13H9F2NO2. The minimum absolute atomic E-state index is 0.206. The van der Waals surface area contributed by atoms with Crippen molar-refractivity contribution in [3.8, 4) is 11.1 Å². The normalized spacial score (nSPS) is 10.2. The molecule has 3 nitrogen and oxygen atoms in total. The Morgan fingerprint density at radius 2 is 1.89 bits per heavy atom. The van der Waals surface area contributed by atoms with Gasteiger partial charge in [-0.3, -0.25) is 4.98 Å². The van der Waals surface area contributed by atoms with Gasteiger partial charge in [0.1, 0.15) is 11.6 Å². The monoisotopic (exact) mass is 249 g/mol. The van der Waals surface area contributed by atoms with E-state index in [0.29, 0.717) is 5.56 Å². The summed E-state index contributed by atoms with van der Waals surface area (Å²) in [5.74, 6) is -2.02. The Morgan fingerprint density at radius 1 is 1.22 bits per heavy atom. The molecule has 0 aliphatic heterocycles. The van der Waals surface area contributed by atoms with E-state index in [9.17, 15) is 13.6 Å². The van der Waals surface area contributed by atoms with Crippen molar-refractivity contribution in [2.75, 3.05) is 7.11 Å². The number of carbonyl (C=O) groups is 1. The predicted molar refractivity (Wildman–Crippen MR) is 60.9 cm³/mol. The lowest BCUT2D eigenvalue weighted by molar-refractivity contribution is 0.0601. The lowest BCUT2D eigenvalue weighted by Crippen LogP contribution is -2.04. The highest BCUT2D eigenvalue weighted by Crippen LogP contribution is 2.25. The lowest BCUT2D eigenvalue weighted by Gasteiger charge is -2.07. The van der Waals surface area contributed by atoms with Crippen LogP contribution >= 0.6 is 0 Å². The second-order valence-electron chi connectivity index (χ2n) is 3.57. The summed E-state index contributed by atoms with van der Waals surface area (Å²) in [5, 5.41) is 0. The smallest absolute Gasteiger partial charge is 0.338 e. The van der Waals surface area contributed by atoms with Crippen molar-refractivity contribution in [3.63, 3.8) is 0 Å². The molecule has 1 heterocycles. The number of benzene rings is 1. The van der Waals surface area contributed by atoms with Gasteiger partial charge in [-0.15, -0.1) is 0 Å². The van der Waals surface area contributed by atoms with Crippen LogP contribution in [0, 0.1) is 11.6 Å². The first-order chi connectivity index (χ1) is 8.61. The number of methoxy groups -OCH3 is 1. The van der Waals surface area contributed by atoms with Crippen LogP contribution in [0.3, 0.4) is 0 Å². The van der Waals surface area contributed by atoms with E-state index in [1.165, 1.54) is 25.6 Å². The summed E-state index contributed by atoms with van der Waals surface area (Å²) in [6.07, 6.45) is 2.77. The number of hydrogen-bond acceptors (Lipinski definition) is 3. The molecule has 0 spiro atoms. The number of halogens is 2. The molecule has 2 aromatic rings. The zero-order valence-electron chi connectivity index (χ0n) is 9.48. The van der Waals surface area contributed by atoms with Crippen LogP contribution in [0.25, 0.3) is 11.1 Å². The Bertz CT molecular complexity index is 579. The summed E-state index contributed by atoms with van der Waals surface area (Å²) in [5.41, 5.74) is 0.765. The van der Waals surface area contributed by atoms with Crippen molar-refractivity contribution < 1.29 is 18.3 Å². The molecule has 1 aromatic carbocycles. The SMILES string of the molecule is COC(=O)c1ccncc1-c1cc(F)cc(F)c1. The molecule has 0 saturated carbocycles. The Morgan fingerprint density at radius 3 is 2.50 bits per heavy atom. The molecular weight excluding hydrogens is 240 g/mol. The molecule has 18 heavy (non-hydrogen) atoms. The molecule has 2 rings (SSSR count). The molecule has 0 unspecified atom stereocenters. The number of pyridine rings is 1. The van der Waals surface area contributed by atoms with Crippen LogP contribution in [0.5, 0.6) is 0 Å². The van der Waals surface area contributed by atoms with Gasteiger partial charge in [0.25, 0.3) is 0 Å². The Balaban J connectivity index is 2.60. The number of nitrogens with zero attached hydrogens (tertiary/aromatic N) is 1. The van der Waals surface area contributed by atoms with E-state index in [0.717, 1.165) is 18.2 Å². The van der Waals surface area contributed by atoms with Crippen molar-refractivity contribution in [3.05, 3.63) is 53.9 Å². The number of esters is 1. The van der Waals surface area contributed by atoms with Gasteiger partial charge in [0.05, 0.1) is 12.7 Å². The molecule has 0 fully saturated rings. The maximum absolute atomic E-state index is 13.2. The molecule has 0 aliphatic carbocycles. The van der Waals surface area contributed by atoms with Crippen molar-refractivity contribution in [1.82, 2.24) is 4.98 Å². The number of rotatable bonds is 2. The van der Waals surface area contributed by atoms with Gasteiger partial charge in [0.2, 0.25) is 0 Å². The van der Waals surface area contributed by atoms with Gasteiger partial charge in [-0.25, -0.2) is 13.6 Å². The van der Waals surface area contributed by atoms with Gasteiger partial charge in [0, 0.05) is 24.0 Å². The molecule has 0 N–H and O–H groups in total. The molecule has 92 valence electrons. The summed E-state index contributed by atoms with van der Waals surface area (Å²) >= 11 is 0. The number of hydrogen-bond donors (Lipinski definition) is 0. The Kier molecular flexibility index (Phi) is 3.32. The maximum atomic E-state index is 13.2. The summed E-state index contributed by atoms with van der Waals surface area (Å²) in [6, 6.07) is 4.46. The van der Waals surface area contributed by atoms with E-state index in [1.54, 1.807) is 0 Å². The lowest BCUT2D eigenvalue weighted by atomic mass is 10.0. The van der Waals surface area contributed by atoms with Crippen molar-refractivity contribution in [1.29, 1.82) is 0 Å². The van der Waals surface area contributed by atoms with E-state index < -0.39 is 17.6 Å². The highest BCUT2D eigenvalue weighted by molar-refractivity contribution is 5.96. The van der Waals surface area contributed by atoms with Crippen LogP contribution in [0.15, 0.2) is 36.7 Å². The van der Waals surface area contributed by atoms with Crippen LogP contribution in [0.2, 0.25) is 0 Å². The predicted octanol–water partition coefficient (Wildman–Crippen LogP) is 2.81. The fourth-order valence-corrected chi connectivity index (χ4v) is 1.62. The third-order valence-electron chi connectivity index (χ3n) is 2.40.